The number of unbranched alkanes of at least 4 members (excludes halogenated alkanes) is 1. The molecule has 3 N–H and O–H groups in total. The van der Waals surface area contributed by atoms with Gasteiger partial charge in [-0.25, -0.2) is 0 Å². The fraction of sp³-hybridized carbons (Fsp3) is 0.480. The molecule has 0 aromatic heterocycles. The number of rotatable bonds is 10. The molecular weight excluding hydrogens is 488 g/mol. The van der Waals surface area contributed by atoms with Gasteiger partial charge < -0.3 is 10.0 Å². The van der Waals surface area contributed by atoms with Crippen LogP contribution in [0.5, 0.6) is 0 Å². The molecule has 2 aromatic carbocycles. The van der Waals surface area contributed by atoms with Crippen LogP contribution in [-0.4, -0.2) is 55.6 Å². The molecule has 1 aliphatic rings. The van der Waals surface area contributed by atoms with Crippen molar-refractivity contribution >= 4 is 51.6 Å². The Kier molecular flexibility index (Phi) is 9.28. The number of carboxylic acids is 1. The van der Waals surface area contributed by atoms with Gasteiger partial charge in [-0.3, -0.25) is 13.9 Å². The fourth-order valence-electron chi connectivity index (χ4n) is 4.56. The minimum absolute atomic E-state index is 0.00711. The lowest BCUT2D eigenvalue weighted by atomic mass is 9.88. The molecule has 34 heavy (non-hydrogen) atoms. The fourth-order valence-corrected chi connectivity index (χ4v) is 7.87. The van der Waals surface area contributed by atoms with Gasteiger partial charge in [0, 0.05) is 29.9 Å². The minimum Gasteiger partial charge on any atom is -0.481 e. The molecule has 1 heterocycles. The molecule has 0 bridgehead atoms. The van der Waals surface area contributed by atoms with Gasteiger partial charge in [0.25, 0.3) is 0 Å². The molecule has 188 valence electrons. The number of carboxylic acid groups (broad SMARTS) is 1. The average Bonchev–Trinajstić information content (AvgIpc) is 2.90. The summed E-state index contributed by atoms with van der Waals surface area (Å²) in [7, 11) is -1.44. The molecule has 9 heteroatoms. The standard InChI is InChI=1S/C25H36N2O4S3/c1-5-7-13-25(6-2)18-27(20-11-9-8-10-12-20)21-15-22(32-4)19(16-33-17-24(28)29)14-23(21)34(30,31)26(25)3/h8-12,14-15,30-31H,5-7,13,16-18H2,1-4H3,(H,28,29). The molecule has 3 rings (SSSR count). The second-order valence-electron chi connectivity index (χ2n) is 8.64. The number of fused-ring (bicyclic) bond motifs is 1. The van der Waals surface area contributed by atoms with Gasteiger partial charge >= 0.3 is 5.97 Å². The maximum atomic E-state index is 11.7. The molecular formula is C25H36N2O4S3. The van der Waals surface area contributed by atoms with Crippen LogP contribution in [0.15, 0.2) is 52.3 Å². The highest BCUT2D eigenvalue weighted by atomic mass is 32.3. The van der Waals surface area contributed by atoms with Crippen molar-refractivity contribution in [1.82, 2.24) is 4.31 Å². The summed E-state index contributed by atoms with van der Waals surface area (Å²) in [5.41, 5.74) is 2.34. The zero-order chi connectivity index (χ0) is 24.9. The van der Waals surface area contributed by atoms with Crippen LogP contribution in [0.3, 0.4) is 0 Å². The zero-order valence-electron chi connectivity index (χ0n) is 20.4. The van der Waals surface area contributed by atoms with E-state index in [4.69, 9.17) is 5.11 Å². The van der Waals surface area contributed by atoms with Gasteiger partial charge in [-0.2, -0.15) is 4.31 Å². The van der Waals surface area contributed by atoms with Crippen LogP contribution in [0.2, 0.25) is 0 Å². The second-order valence-corrected chi connectivity index (χ2v) is 12.5. The van der Waals surface area contributed by atoms with E-state index in [0.29, 0.717) is 17.2 Å². The van der Waals surface area contributed by atoms with E-state index < -0.39 is 22.3 Å². The largest absolute Gasteiger partial charge is 0.481 e. The molecule has 2 aromatic rings. The van der Waals surface area contributed by atoms with E-state index in [2.05, 4.69) is 36.9 Å². The summed E-state index contributed by atoms with van der Waals surface area (Å²) in [6, 6.07) is 14.1. The lowest BCUT2D eigenvalue weighted by Crippen LogP contribution is -2.52. The number of benzene rings is 2. The van der Waals surface area contributed by atoms with Crippen LogP contribution < -0.4 is 4.90 Å². The third-order valence-corrected chi connectivity index (χ3v) is 10.5. The molecule has 1 atom stereocenters. The number of hydrogen-bond donors (Lipinski definition) is 3. The summed E-state index contributed by atoms with van der Waals surface area (Å²) >= 11 is 2.92. The molecule has 0 aliphatic carbocycles. The van der Waals surface area contributed by atoms with Crippen molar-refractivity contribution in [1.29, 1.82) is 0 Å². The SMILES string of the molecule is CCCCC1(CC)CN(c2ccccc2)c2cc(SC)c(CSCC(=O)O)cc2S(O)(O)N1C. The number of nitrogens with zero attached hydrogens (tertiary/aromatic N) is 2. The van der Waals surface area contributed by atoms with Crippen molar-refractivity contribution in [2.75, 3.05) is 30.5 Å². The maximum absolute atomic E-state index is 11.7. The Bertz CT molecular complexity index is 990. The first kappa shape index (κ1) is 27.2. The number of anilines is 2. The number of thioether (sulfide) groups is 2. The smallest absolute Gasteiger partial charge is 0.313 e. The van der Waals surface area contributed by atoms with Crippen LogP contribution in [0.4, 0.5) is 11.4 Å². The van der Waals surface area contributed by atoms with E-state index in [9.17, 15) is 13.9 Å². The number of aliphatic carboxylic acids is 1. The van der Waals surface area contributed by atoms with E-state index in [1.54, 1.807) is 11.8 Å². The monoisotopic (exact) mass is 524 g/mol. The highest BCUT2D eigenvalue weighted by Gasteiger charge is 2.46. The normalized spacial score (nSPS) is 21.1. The lowest BCUT2D eigenvalue weighted by Gasteiger charge is -2.50. The quantitative estimate of drug-likeness (QED) is 0.282. The van der Waals surface area contributed by atoms with Gasteiger partial charge in [-0.05, 0) is 48.9 Å². The van der Waals surface area contributed by atoms with Gasteiger partial charge in [0.1, 0.15) is 0 Å². The van der Waals surface area contributed by atoms with Crippen molar-refractivity contribution in [3.8, 4) is 0 Å². The Balaban J connectivity index is 2.22. The molecule has 0 fully saturated rings. The van der Waals surface area contributed by atoms with E-state index in [-0.39, 0.29) is 5.75 Å². The van der Waals surface area contributed by atoms with Crippen LogP contribution in [-0.2, 0) is 10.5 Å². The highest BCUT2D eigenvalue weighted by Crippen LogP contribution is 2.62. The maximum Gasteiger partial charge on any atom is 0.313 e. The predicted octanol–water partition coefficient (Wildman–Crippen LogP) is 7.17. The van der Waals surface area contributed by atoms with Gasteiger partial charge in [0.05, 0.1) is 21.9 Å². The first-order valence-corrected chi connectivity index (χ1v) is 15.4. The Labute approximate surface area is 213 Å². The van der Waals surface area contributed by atoms with E-state index >= 15 is 0 Å². The second kappa shape index (κ2) is 11.6. The van der Waals surface area contributed by atoms with Crippen LogP contribution in [0.1, 0.15) is 45.1 Å². The number of para-hydroxylation sites is 1. The summed E-state index contributed by atoms with van der Waals surface area (Å²) < 4.78 is 25.3. The summed E-state index contributed by atoms with van der Waals surface area (Å²) in [5, 5.41) is 9.07. The van der Waals surface area contributed by atoms with Crippen molar-refractivity contribution in [3.63, 3.8) is 0 Å². The molecule has 0 amide bonds. The van der Waals surface area contributed by atoms with Gasteiger partial charge in [-0.1, -0.05) is 44.9 Å². The summed E-state index contributed by atoms with van der Waals surface area (Å²) in [5.74, 6) is -0.351. The Morgan fingerprint density at radius 1 is 1.18 bits per heavy atom. The summed E-state index contributed by atoms with van der Waals surface area (Å²) in [6.07, 6.45) is 5.68. The van der Waals surface area contributed by atoms with Crippen molar-refractivity contribution < 1.29 is 19.0 Å². The van der Waals surface area contributed by atoms with Crippen molar-refractivity contribution in [3.05, 3.63) is 48.0 Å². The van der Waals surface area contributed by atoms with Gasteiger partial charge in [0.15, 0.2) is 0 Å². The number of hydrogen-bond acceptors (Lipinski definition) is 7. The van der Waals surface area contributed by atoms with Gasteiger partial charge in [0.2, 0.25) is 0 Å². The van der Waals surface area contributed by atoms with E-state index in [0.717, 1.165) is 47.5 Å². The molecule has 0 saturated heterocycles. The highest BCUT2D eigenvalue weighted by molar-refractivity contribution is 8.22. The van der Waals surface area contributed by atoms with E-state index in [1.165, 1.54) is 11.8 Å². The molecule has 1 aliphatic heterocycles. The van der Waals surface area contributed by atoms with Crippen LogP contribution in [0.25, 0.3) is 0 Å². The first-order chi connectivity index (χ1) is 16.2. The first-order valence-electron chi connectivity index (χ1n) is 11.6. The Morgan fingerprint density at radius 3 is 2.47 bits per heavy atom. The number of likely N-dealkylation sites (N-methyl/N-ethyl adjacent to an activating group) is 1. The number of carbonyl (C=O) groups is 1. The molecule has 0 radical (unpaired) electrons. The molecule has 0 spiro atoms. The van der Waals surface area contributed by atoms with E-state index in [1.807, 2.05) is 41.9 Å². The minimum atomic E-state index is -3.28. The third-order valence-electron chi connectivity index (χ3n) is 6.65. The topological polar surface area (TPSA) is 84.2 Å². The average molecular weight is 525 g/mol. The summed E-state index contributed by atoms with van der Waals surface area (Å²) in [6.45, 7) is 4.93. The molecule has 0 saturated carbocycles. The van der Waals surface area contributed by atoms with Crippen molar-refractivity contribution in [2.45, 2.75) is 60.6 Å². The Morgan fingerprint density at radius 2 is 1.88 bits per heavy atom. The molecule has 6 nitrogen and oxygen atoms in total. The summed E-state index contributed by atoms with van der Waals surface area (Å²) in [4.78, 5) is 14.8. The zero-order valence-corrected chi connectivity index (χ0v) is 22.8. The predicted molar refractivity (Wildman–Crippen MR) is 147 cm³/mol. The van der Waals surface area contributed by atoms with Crippen LogP contribution in [0, 0.1) is 0 Å². The van der Waals surface area contributed by atoms with Gasteiger partial charge in [-0.15, -0.1) is 34.3 Å². The third kappa shape index (κ3) is 5.55. The Hall–Kier alpha value is -1.36. The lowest BCUT2D eigenvalue weighted by molar-refractivity contribution is -0.133. The van der Waals surface area contributed by atoms with Crippen LogP contribution >= 0.6 is 34.3 Å². The van der Waals surface area contributed by atoms with Crippen molar-refractivity contribution in [2.24, 2.45) is 0 Å². The molecule has 1 unspecified atom stereocenters.